The fraction of sp³-hybridized carbons (Fsp3) is 0.103. The summed E-state index contributed by atoms with van der Waals surface area (Å²) in [5.74, 6) is -1.43. The second-order valence-corrected chi connectivity index (χ2v) is 8.24. The molecule has 3 N–H and O–H groups in total. The number of anilines is 1. The predicted octanol–water partition coefficient (Wildman–Crippen LogP) is 4.18. The molecule has 4 aromatic carbocycles. The summed E-state index contributed by atoms with van der Waals surface area (Å²) in [6.07, 6.45) is 1.40. The number of carbonyl (C=O) groups excluding carboxylic acids is 3. The number of hydrazone groups is 1. The van der Waals surface area contributed by atoms with Crippen molar-refractivity contribution in [3.05, 3.63) is 108 Å². The number of benzene rings is 4. The van der Waals surface area contributed by atoms with Gasteiger partial charge in [-0.05, 0) is 53.8 Å². The van der Waals surface area contributed by atoms with Gasteiger partial charge < -0.3 is 15.4 Å². The van der Waals surface area contributed by atoms with E-state index in [1.807, 2.05) is 67.6 Å². The molecule has 0 aliphatic rings. The van der Waals surface area contributed by atoms with Crippen molar-refractivity contribution in [2.75, 3.05) is 11.9 Å². The van der Waals surface area contributed by atoms with Crippen LogP contribution in [-0.4, -0.2) is 30.5 Å². The first-order chi connectivity index (χ1) is 18.0. The second-order valence-electron chi connectivity index (χ2n) is 8.24. The lowest BCUT2D eigenvalue weighted by Gasteiger charge is -2.14. The summed E-state index contributed by atoms with van der Waals surface area (Å²) in [5, 5.41) is 11.1. The number of rotatable bonds is 8. The van der Waals surface area contributed by atoms with Crippen molar-refractivity contribution in [3.63, 3.8) is 0 Å². The van der Waals surface area contributed by atoms with Gasteiger partial charge in [-0.3, -0.25) is 14.4 Å². The summed E-state index contributed by atoms with van der Waals surface area (Å²) >= 11 is 0. The lowest BCUT2D eigenvalue weighted by atomic mass is 10.1. The van der Waals surface area contributed by atoms with E-state index in [-0.39, 0.29) is 18.6 Å². The van der Waals surface area contributed by atoms with E-state index in [0.717, 1.165) is 16.3 Å². The molecule has 186 valence electrons. The molecule has 3 amide bonds. The Morgan fingerprint density at radius 3 is 2.32 bits per heavy atom. The molecule has 0 bridgehead atoms. The molecular weight excluding hydrogens is 468 g/mol. The first-order valence-electron chi connectivity index (χ1n) is 11.7. The van der Waals surface area contributed by atoms with Crippen LogP contribution in [0.25, 0.3) is 10.8 Å². The highest BCUT2D eigenvalue weighted by molar-refractivity contribution is 6.40. The molecule has 0 aromatic heterocycles. The zero-order valence-corrected chi connectivity index (χ0v) is 20.2. The Bertz CT molecular complexity index is 1410. The Hall–Kier alpha value is -4.98. The van der Waals surface area contributed by atoms with Crippen LogP contribution in [0.3, 0.4) is 0 Å². The van der Waals surface area contributed by atoms with Crippen LogP contribution in [0.2, 0.25) is 0 Å². The van der Waals surface area contributed by atoms with Gasteiger partial charge in [-0.1, -0.05) is 66.7 Å². The van der Waals surface area contributed by atoms with Gasteiger partial charge in [0.1, 0.15) is 5.75 Å². The van der Waals surface area contributed by atoms with E-state index in [0.29, 0.717) is 17.0 Å². The molecule has 1 atom stereocenters. The highest BCUT2D eigenvalue weighted by Gasteiger charge is 2.14. The van der Waals surface area contributed by atoms with Crippen LogP contribution >= 0.6 is 0 Å². The second kappa shape index (κ2) is 12.1. The van der Waals surface area contributed by atoms with Crippen LogP contribution in [0.15, 0.2) is 102 Å². The number of hydrogen-bond donors (Lipinski definition) is 3. The average Bonchev–Trinajstić information content (AvgIpc) is 2.93. The third-order valence-corrected chi connectivity index (χ3v) is 5.55. The lowest BCUT2D eigenvalue weighted by Crippen LogP contribution is -2.32. The Morgan fingerprint density at radius 2 is 1.54 bits per heavy atom. The SMILES string of the molecule is CC(NC(=O)COc1ccc(C=NNC(=O)C(=O)Nc2cccc3ccccc23)cc1)c1ccccc1. The van der Waals surface area contributed by atoms with Crippen molar-refractivity contribution in [2.45, 2.75) is 13.0 Å². The van der Waals surface area contributed by atoms with Crippen LogP contribution in [0.5, 0.6) is 5.75 Å². The maximum Gasteiger partial charge on any atom is 0.329 e. The van der Waals surface area contributed by atoms with Gasteiger partial charge in [-0.2, -0.15) is 5.10 Å². The van der Waals surface area contributed by atoms with Crippen LogP contribution in [-0.2, 0) is 14.4 Å². The number of nitrogens with one attached hydrogen (secondary N) is 3. The number of fused-ring (bicyclic) bond motifs is 1. The molecule has 0 saturated heterocycles. The summed E-state index contributed by atoms with van der Waals surface area (Å²) in [5.41, 5.74) is 4.44. The minimum atomic E-state index is -0.889. The quantitative estimate of drug-likeness (QED) is 0.194. The van der Waals surface area contributed by atoms with E-state index in [2.05, 4.69) is 21.2 Å². The van der Waals surface area contributed by atoms with Crippen molar-refractivity contribution in [1.82, 2.24) is 10.7 Å². The molecule has 0 fully saturated rings. The molecule has 8 nitrogen and oxygen atoms in total. The number of nitrogens with zero attached hydrogens (tertiary/aromatic N) is 1. The molecule has 37 heavy (non-hydrogen) atoms. The predicted molar refractivity (Wildman–Crippen MR) is 143 cm³/mol. The number of carbonyl (C=O) groups is 3. The van der Waals surface area contributed by atoms with Gasteiger partial charge in [0, 0.05) is 11.1 Å². The molecule has 4 aromatic rings. The van der Waals surface area contributed by atoms with Crippen LogP contribution < -0.4 is 20.8 Å². The smallest absolute Gasteiger partial charge is 0.329 e. The third kappa shape index (κ3) is 7.02. The highest BCUT2D eigenvalue weighted by Crippen LogP contribution is 2.22. The minimum absolute atomic E-state index is 0.119. The van der Waals surface area contributed by atoms with Crippen LogP contribution in [0, 0.1) is 0 Å². The molecule has 0 saturated carbocycles. The highest BCUT2D eigenvalue weighted by atomic mass is 16.5. The van der Waals surface area contributed by atoms with Gasteiger partial charge in [-0.25, -0.2) is 5.43 Å². The Morgan fingerprint density at radius 1 is 0.838 bits per heavy atom. The molecule has 0 aliphatic carbocycles. The van der Waals surface area contributed by atoms with E-state index in [1.165, 1.54) is 6.21 Å². The van der Waals surface area contributed by atoms with Crippen molar-refractivity contribution in [3.8, 4) is 5.75 Å². The summed E-state index contributed by atoms with van der Waals surface area (Å²) in [6, 6.07) is 29.4. The van der Waals surface area contributed by atoms with Crippen molar-refractivity contribution in [2.24, 2.45) is 5.10 Å². The largest absolute Gasteiger partial charge is 0.484 e. The van der Waals surface area contributed by atoms with Crippen molar-refractivity contribution < 1.29 is 19.1 Å². The topological polar surface area (TPSA) is 109 Å². The molecule has 4 rings (SSSR count). The van der Waals surface area contributed by atoms with Crippen molar-refractivity contribution in [1.29, 1.82) is 0 Å². The zero-order chi connectivity index (χ0) is 26.0. The number of hydrogen-bond acceptors (Lipinski definition) is 5. The zero-order valence-electron chi connectivity index (χ0n) is 20.2. The summed E-state index contributed by atoms with van der Waals surface area (Å²) < 4.78 is 5.54. The van der Waals surface area contributed by atoms with Gasteiger partial charge in [-0.15, -0.1) is 0 Å². The standard InChI is InChI=1S/C29H26N4O4/c1-20(22-8-3-2-4-9-22)31-27(34)19-37-24-16-14-21(15-17-24)18-30-33-29(36)28(35)32-26-13-7-11-23-10-5-6-12-25(23)26/h2-18,20H,19H2,1H3,(H,31,34)(H,32,35)(H,33,36). The molecule has 1 unspecified atom stereocenters. The fourth-order valence-corrected chi connectivity index (χ4v) is 3.64. The van der Waals surface area contributed by atoms with E-state index in [1.54, 1.807) is 36.4 Å². The fourth-order valence-electron chi connectivity index (χ4n) is 3.64. The maximum absolute atomic E-state index is 12.3. The van der Waals surface area contributed by atoms with Crippen molar-refractivity contribution >= 4 is 40.4 Å². The first-order valence-corrected chi connectivity index (χ1v) is 11.7. The molecule has 0 spiro atoms. The summed E-state index contributed by atoms with van der Waals surface area (Å²) in [4.78, 5) is 36.6. The number of amides is 3. The maximum atomic E-state index is 12.3. The monoisotopic (exact) mass is 494 g/mol. The van der Waals surface area contributed by atoms with Gasteiger partial charge in [0.25, 0.3) is 5.91 Å². The first kappa shape index (κ1) is 25.1. The average molecular weight is 495 g/mol. The van der Waals surface area contributed by atoms with E-state index in [9.17, 15) is 14.4 Å². The summed E-state index contributed by atoms with van der Waals surface area (Å²) in [6.45, 7) is 1.79. The van der Waals surface area contributed by atoms with Gasteiger partial charge in [0.2, 0.25) is 0 Å². The lowest BCUT2D eigenvalue weighted by molar-refractivity contribution is -0.136. The van der Waals surface area contributed by atoms with Gasteiger partial charge in [0.05, 0.1) is 12.3 Å². The van der Waals surface area contributed by atoms with E-state index >= 15 is 0 Å². The molecule has 0 radical (unpaired) electrons. The van der Waals surface area contributed by atoms with Gasteiger partial charge in [0.15, 0.2) is 6.61 Å². The molecule has 8 heteroatoms. The molecule has 0 heterocycles. The third-order valence-electron chi connectivity index (χ3n) is 5.55. The van der Waals surface area contributed by atoms with Gasteiger partial charge >= 0.3 is 11.8 Å². The molecular formula is C29H26N4O4. The Balaban J connectivity index is 1.23. The Kier molecular flexibility index (Phi) is 8.23. The normalized spacial score (nSPS) is 11.6. The number of ether oxygens (including phenoxy) is 1. The summed E-state index contributed by atoms with van der Waals surface area (Å²) in [7, 11) is 0. The Labute approximate surface area is 214 Å². The van der Waals surface area contributed by atoms with E-state index in [4.69, 9.17) is 4.74 Å². The molecule has 0 aliphatic heterocycles. The van der Waals surface area contributed by atoms with Crippen LogP contribution in [0.1, 0.15) is 24.1 Å². The van der Waals surface area contributed by atoms with E-state index < -0.39 is 11.8 Å². The van der Waals surface area contributed by atoms with Crippen LogP contribution in [0.4, 0.5) is 5.69 Å². The minimum Gasteiger partial charge on any atom is -0.484 e.